The Bertz CT molecular complexity index is 2380. The van der Waals surface area contributed by atoms with Crippen LogP contribution in [0, 0.1) is 22.7 Å². The van der Waals surface area contributed by atoms with Crippen LogP contribution in [0.3, 0.4) is 0 Å². The summed E-state index contributed by atoms with van der Waals surface area (Å²) in [5.74, 6) is 0. The number of rotatable bonds is 3. The largest absolute Gasteiger partial charge is 0.309 e. The lowest BCUT2D eigenvalue weighted by Gasteiger charge is -2.18. The third-order valence-electron chi connectivity index (χ3n) is 8.20. The molecule has 2 heterocycles. The highest BCUT2D eigenvalue weighted by Gasteiger charge is 2.23. The maximum absolute atomic E-state index is 10.0. The lowest BCUT2D eigenvalue weighted by molar-refractivity contribution is 1.16. The number of aromatic nitrogens is 2. The zero-order valence-electron chi connectivity index (χ0n) is 22.5. The van der Waals surface area contributed by atoms with Crippen LogP contribution in [-0.2, 0) is 0 Å². The standard InChI is InChI=1S/C38H22N4/c39-23-26-19-18-25(22-27(26)24-40)37-36(42-34-16-8-4-12-29(34)30-13-5-9-17-35(30)42)21-20-32-31-14-6-7-15-33(31)41(38(32)37)28-10-2-1-3-11-28/h1-22H. The van der Waals surface area contributed by atoms with Gasteiger partial charge in [-0.05, 0) is 54.1 Å². The molecule has 0 N–H and O–H groups in total. The predicted molar refractivity (Wildman–Crippen MR) is 170 cm³/mol. The van der Waals surface area contributed by atoms with Crippen LogP contribution >= 0.6 is 0 Å². The van der Waals surface area contributed by atoms with Crippen molar-refractivity contribution in [3.05, 3.63) is 145 Å². The van der Waals surface area contributed by atoms with Crippen LogP contribution in [0.15, 0.2) is 133 Å². The number of para-hydroxylation sites is 4. The number of hydrogen-bond acceptors (Lipinski definition) is 2. The van der Waals surface area contributed by atoms with Crippen molar-refractivity contribution >= 4 is 43.6 Å². The molecule has 194 valence electrons. The Morgan fingerprint density at radius 2 is 1.00 bits per heavy atom. The van der Waals surface area contributed by atoms with Crippen molar-refractivity contribution in [1.82, 2.24) is 9.13 Å². The van der Waals surface area contributed by atoms with Gasteiger partial charge in [0.15, 0.2) is 0 Å². The second kappa shape index (κ2) is 9.24. The van der Waals surface area contributed by atoms with E-state index in [1.54, 1.807) is 6.07 Å². The number of hydrogen-bond donors (Lipinski definition) is 0. The van der Waals surface area contributed by atoms with Crippen molar-refractivity contribution in [1.29, 1.82) is 10.5 Å². The first kappa shape index (κ1) is 23.8. The van der Waals surface area contributed by atoms with Gasteiger partial charge in [-0.3, -0.25) is 0 Å². The van der Waals surface area contributed by atoms with E-state index >= 15 is 0 Å². The van der Waals surface area contributed by atoms with Crippen molar-refractivity contribution in [2.45, 2.75) is 0 Å². The molecule has 2 aromatic heterocycles. The van der Waals surface area contributed by atoms with Gasteiger partial charge in [-0.15, -0.1) is 0 Å². The SMILES string of the molecule is N#Cc1ccc(-c2c(-n3c4ccccc4c4ccccc43)ccc3c4ccccc4n(-c4ccccc4)c23)cc1C#N. The van der Waals surface area contributed by atoms with Crippen LogP contribution in [0.1, 0.15) is 11.1 Å². The van der Waals surface area contributed by atoms with E-state index in [0.717, 1.165) is 55.3 Å². The molecule has 0 unspecified atom stereocenters. The van der Waals surface area contributed by atoms with Crippen molar-refractivity contribution in [3.8, 4) is 34.6 Å². The Morgan fingerprint density at radius 1 is 0.452 bits per heavy atom. The molecule has 0 radical (unpaired) electrons. The smallest absolute Gasteiger partial charge is 0.101 e. The second-order valence-corrected chi connectivity index (χ2v) is 10.4. The molecule has 4 nitrogen and oxygen atoms in total. The molecule has 0 aliphatic carbocycles. The molecule has 0 aliphatic rings. The lowest BCUT2D eigenvalue weighted by Crippen LogP contribution is -2.01. The van der Waals surface area contributed by atoms with Gasteiger partial charge in [-0.2, -0.15) is 10.5 Å². The van der Waals surface area contributed by atoms with Crippen molar-refractivity contribution in [2.75, 3.05) is 0 Å². The molecule has 0 aliphatic heterocycles. The maximum atomic E-state index is 10.0. The summed E-state index contributed by atoms with van der Waals surface area (Å²) in [6, 6.07) is 50.3. The molecule has 0 bridgehead atoms. The summed E-state index contributed by atoms with van der Waals surface area (Å²) in [4.78, 5) is 0. The molecule has 0 saturated carbocycles. The van der Waals surface area contributed by atoms with Crippen LogP contribution in [0.4, 0.5) is 0 Å². The van der Waals surface area contributed by atoms with Crippen LogP contribution in [0.2, 0.25) is 0 Å². The first-order chi connectivity index (χ1) is 20.8. The quantitative estimate of drug-likeness (QED) is 0.227. The Labute approximate surface area is 242 Å². The summed E-state index contributed by atoms with van der Waals surface area (Å²) in [5, 5.41) is 24.3. The third kappa shape index (κ3) is 3.33. The second-order valence-electron chi connectivity index (χ2n) is 10.4. The molecule has 8 aromatic rings. The molecule has 0 fully saturated rings. The maximum Gasteiger partial charge on any atom is 0.101 e. The summed E-state index contributed by atoms with van der Waals surface area (Å²) in [7, 11) is 0. The van der Waals surface area contributed by atoms with E-state index < -0.39 is 0 Å². The summed E-state index contributed by atoms with van der Waals surface area (Å²) in [5.41, 5.74) is 9.05. The minimum Gasteiger partial charge on any atom is -0.309 e. The predicted octanol–water partition coefficient (Wildman–Crippen LogP) is 9.29. The van der Waals surface area contributed by atoms with Gasteiger partial charge >= 0.3 is 0 Å². The van der Waals surface area contributed by atoms with Gasteiger partial charge in [0.25, 0.3) is 0 Å². The van der Waals surface area contributed by atoms with Gasteiger partial charge in [-0.25, -0.2) is 0 Å². The Kier molecular flexibility index (Phi) is 5.22. The molecule has 0 atom stereocenters. The van der Waals surface area contributed by atoms with E-state index in [1.807, 2.05) is 18.2 Å². The molecule has 42 heavy (non-hydrogen) atoms. The number of nitrogens with zero attached hydrogens (tertiary/aromatic N) is 4. The number of fused-ring (bicyclic) bond motifs is 6. The lowest BCUT2D eigenvalue weighted by atomic mass is 9.96. The average molecular weight is 535 g/mol. The molecule has 0 saturated heterocycles. The summed E-state index contributed by atoms with van der Waals surface area (Å²) < 4.78 is 4.65. The summed E-state index contributed by atoms with van der Waals surface area (Å²) in [6.07, 6.45) is 0. The van der Waals surface area contributed by atoms with Crippen LogP contribution in [0.25, 0.3) is 66.1 Å². The fourth-order valence-corrected chi connectivity index (χ4v) is 6.43. The van der Waals surface area contributed by atoms with Gasteiger partial charge in [0.2, 0.25) is 0 Å². The Morgan fingerprint density at radius 3 is 1.62 bits per heavy atom. The molecule has 4 heteroatoms. The normalized spacial score (nSPS) is 11.3. The van der Waals surface area contributed by atoms with Gasteiger partial charge in [-0.1, -0.05) is 84.9 Å². The zero-order chi connectivity index (χ0) is 28.2. The molecule has 8 rings (SSSR count). The summed E-state index contributed by atoms with van der Waals surface area (Å²) in [6.45, 7) is 0. The monoisotopic (exact) mass is 534 g/mol. The van der Waals surface area contributed by atoms with Crippen LogP contribution in [-0.4, -0.2) is 9.13 Å². The first-order valence-corrected chi connectivity index (χ1v) is 13.8. The minimum atomic E-state index is 0.363. The number of benzene rings is 6. The zero-order valence-corrected chi connectivity index (χ0v) is 22.5. The minimum absolute atomic E-state index is 0.363. The fourth-order valence-electron chi connectivity index (χ4n) is 6.43. The van der Waals surface area contributed by atoms with E-state index in [0.29, 0.717) is 11.1 Å². The molecular weight excluding hydrogens is 512 g/mol. The van der Waals surface area contributed by atoms with E-state index in [-0.39, 0.29) is 0 Å². The van der Waals surface area contributed by atoms with Gasteiger partial charge in [0.05, 0.1) is 38.9 Å². The van der Waals surface area contributed by atoms with E-state index in [1.165, 1.54) is 10.8 Å². The fraction of sp³-hybridized carbons (Fsp3) is 0. The molecule has 0 spiro atoms. The van der Waals surface area contributed by atoms with E-state index in [4.69, 9.17) is 0 Å². The van der Waals surface area contributed by atoms with Crippen molar-refractivity contribution in [3.63, 3.8) is 0 Å². The molecule has 6 aromatic carbocycles. The van der Waals surface area contributed by atoms with Crippen LogP contribution in [0.5, 0.6) is 0 Å². The van der Waals surface area contributed by atoms with Crippen LogP contribution < -0.4 is 0 Å². The van der Waals surface area contributed by atoms with E-state index in [9.17, 15) is 10.5 Å². The third-order valence-corrected chi connectivity index (χ3v) is 8.20. The van der Waals surface area contributed by atoms with Crippen molar-refractivity contribution < 1.29 is 0 Å². The highest BCUT2D eigenvalue weighted by Crippen LogP contribution is 2.44. The average Bonchev–Trinajstić information content (AvgIpc) is 3.57. The molecular formula is C38H22N4. The highest BCUT2D eigenvalue weighted by atomic mass is 15.0. The van der Waals surface area contributed by atoms with E-state index in [2.05, 4.69) is 130 Å². The Balaban J connectivity index is 1.63. The molecule has 0 amide bonds. The summed E-state index contributed by atoms with van der Waals surface area (Å²) >= 11 is 0. The number of nitriles is 2. The first-order valence-electron chi connectivity index (χ1n) is 13.8. The topological polar surface area (TPSA) is 57.4 Å². The highest BCUT2D eigenvalue weighted by molar-refractivity contribution is 6.17. The van der Waals surface area contributed by atoms with Gasteiger partial charge in [0, 0.05) is 32.8 Å². The Hall–Kier alpha value is -6.10. The van der Waals surface area contributed by atoms with Gasteiger partial charge < -0.3 is 9.13 Å². The van der Waals surface area contributed by atoms with Crippen molar-refractivity contribution in [2.24, 2.45) is 0 Å². The van der Waals surface area contributed by atoms with Gasteiger partial charge in [0.1, 0.15) is 12.1 Å².